The lowest BCUT2D eigenvalue weighted by Gasteiger charge is -2.35. The molecule has 6 aromatic rings. The Morgan fingerprint density at radius 1 is 0.443 bits per heavy atom. The number of anilines is 2. The van der Waals surface area contributed by atoms with E-state index >= 15 is 8.78 Å². The van der Waals surface area contributed by atoms with E-state index in [2.05, 4.69) is 26.6 Å². The fraction of sp³-hybridized carbons (Fsp3) is 0.561. The number of nitrogens with two attached hydrogens (primary N) is 1. The second-order valence-electron chi connectivity index (χ2n) is 40.6. The number of pyridine rings is 2. The second kappa shape index (κ2) is 57.5. The van der Waals surface area contributed by atoms with Crippen LogP contribution in [0.3, 0.4) is 0 Å². The zero-order valence-corrected chi connectivity index (χ0v) is 87.6. The van der Waals surface area contributed by atoms with Gasteiger partial charge >= 0.3 is 42.2 Å². The Balaban J connectivity index is 0.000000519. The Morgan fingerprint density at radius 3 is 1.09 bits per heavy atom. The molecular formula is C107H152F2N14O26. The van der Waals surface area contributed by atoms with E-state index in [9.17, 15) is 101 Å². The van der Waals surface area contributed by atoms with Gasteiger partial charge in [-0.1, -0.05) is 91.1 Å². The van der Waals surface area contributed by atoms with Crippen LogP contribution >= 0.6 is 0 Å². The topological polar surface area (TPSA) is 526 Å². The summed E-state index contributed by atoms with van der Waals surface area (Å²) in [7, 11) is 6.41. The highest BCUT2D eigenvalue weighted by Gasteiger charge is 2.38. The summed E-state index contributed by atoms with van der Waals surface area (Å²) in [6, 6.07) is 13.9. The maximum atomic E-state index is 15.4. The molecule has 2 fully saturated rings. The molecule has 2 aliphatic heterocycles. The van der Waals surface area contributed by atoms with Gasteiger partial charge in [0.1, 0.15) is 64.9 Å². The van der Waals surface area contributed by atoms with Crippen molar-refractivity contribution in [3.63, 3.8) is 0 Å². The molecule has 0 bridgehead atoms. The van der Waals surface area contributed by atoms with Gasteiger partial charge in [-0.2, -0.15) is 0 Å². The molecule has 0 saturated carbocycles. The van der Waals surface area contributed by atoms with E-state index in [0.717, 1.165) is 12.1 Å². The predicted octanol–water partition coefficient (Wildman–Crippen LogP) is 10.8. The molecular weight excluding hydrogens is 1940 g/mol. The number of aryl methyl sites for hydroxylation is 2. The molecule has 0 unspecified atom stereocenters. The number of hydrogen-bond acceptors (Lipinski definition) is 27. The van der Waals surface area contributed by atoms with Crippen LogP contribution in [-0.2, 0) is 120 Å². The summed E-state index contributed by atoms with van der Waals surface area (Å²) in [6.07, 6.45) is -0.467. The minimum atomic E-state index is -1.40. The van der Waals surface area contributed by atoms with Crippen molar-refractivity contribution in [3.05, 3.63) is 151 Å². The lowest BCUT2D eigenvalue weighted by molar-refractivity contribution is -0.156. The van der Waals surface area contributed by atoms with E-state index in [1.54, 1.807) is 200 Å². The van der Waals surface area contributed by atoms with Crippen molar-refractivity contribution >= 4 is 134 Å². The minimum absolute atomic E-state index is 0. The van der Waals surface area contributed by atoms with Crippen LogP contribution in [0.1, 0.15) is 239 Å². The third-order valence-corrected chi connectivity index (χ3v) is 24.5. The number of nitrogens with zero attached hydrogens (tertiary/aromatic N) is 8. The number of piperazine rings is 2. The number of aromatic nitrogens is 2. The molecule has 2 saturated heterocycles. The number of halogens is 2. The van der Waals surface area contributed by atoms with Crippen molar-refractivity contribution < 1.29 is 124 Å². The maximum absolute atomic E-state index is 15.4. The fourth-order valence-electron chi connectivity index (χ4n) is 16.3. The SMILES string of the molecule is C.C.CCn1cc(C(=O)O)c(=O)c2cc(F)c(N3CCN(C(=O)OCc4ccc(CC(=O)[C@H](CN)NC(=O)[C@@H](CC(=O)[C@H](CCC(=O)OC(C)(C)C)NC(=O)CCCC(=O)N(C)C)C(C)C)cc4)CC3)cc21.CCn1cc(C(=O)O)c(=O)c2cc(F)c(N3CCN(C(=O)OCc4ccc(CC(=O)[C@H](CNC(=O)OC(C)(C)C)NC(=O)[C@@H](CC(=O)[C@H](CCC(=O)OC(C)(C)C)NC(=O)CCCC(=O)N(C)C)C(C)C)cc4)CC3)cc21. The molecule has 0 spiro atoms. The molecule has 4 heterocycles. The minimum Gasteiger partial charge on any atom is -0.477 e. The van der Waals surface area contributed by atoms with Crippen LogP contribution in [0, 0.1) is 35.3 Å². The summed E-state index contributed by atoms with van der Waals surface area (Å²) in [6.45, 7) is 27.5. The van der Waals surface area contributed by atoms with Crippen LogP contribution < -0.4 is 53.0 Å². The molecule has 2 aromatic heterocycles. The third-order valence-electron chi connectivity index (χ3n) is 24.5. The van der Waals surface area contributed by atoms with Crippen LogP contribution in [0.25, 0.3) is 21.8 Å². The average molecular weight is 2090 g/mol. The number of fused-ring (bicyclic) bond motifs is 2. The second-order valence-corrected chi connectivity index (χ2v) is 40.6. The molecule has 2 aliphatic rings. The quantitative estimate of drug-likeness (QED) is 0.0130. The van der Waals surface area contributed by atoms with Gasteiger partial charge in [0.15, 0.2) is 23.1 Å². The number of alkyl carbamates (subject to hydrolysis) is 1. The average Bonchev–Trinajstić information content (AvgIpc) is 0.763. The Hall–Kier alpha value is -14.1. The van der Waals surface area contributed by atoms with Crippen LogP contribution in [0.5, 0.6) is 0 Å². The number of nitrogens with one attached hydrogen (secondary N) is 5. The molecule has 40 nitrogen and oxygen atoms in total. The number of carboxylic acid groups (broad SMARTS) is 2. The van der Waals surface area contributed by atoms with Crippen LogP contribution in [0.2, 0.25) is 0 Å². The molecule has 9 N–H and O–H groups in total. The number of amides is 9. The number of carboxylic acids is 2. The smallest absolute Gasteiger partial charge is 0.410 e. The van der Waals surface area contributed by atoms with E-state index in [0.29, 0.717) is 46.4 Å². The lowest BCUT2D eigenvalue weighted by Crippen LogP contribution is -2.52. The normalized spacial score (nSPS) is 13.9. The van der Waals surface area contributed by atoms with Crippen molar-refractivity contribution in [3.8, 4) is 0 Å². The van der Waals surface area contributed by atoms with Crippen LogP contribution in [0.15, 0.2) is 94.8 Å². The monoisotopic (exact) mass is 2090 g/mol. The van der Waals surface area contributed by atoms with Gasteiger partial charge in [-0.15, -0.1) is 0 Å². The third kappa shape index (κ3) is 39.2. The Kier molecular flexibility index (Phi) is 48.3. The van der Waals surface area contributed by atoms with Crippen LogP contribution in [0.4, 0.5) is 34.5 Å². The van der Waals surface area contributed by atoms with Gasteiger partial charge in [-0.05, 0) is 160 Å². The zero-order valence-electron chi connectivity index (χ0n) is 87.6. The number of rotatable bonds is 47. The predicted molar refractivity (Wildman–Crippen MR) is 555 cm³/mol. The largest absolute Gasteiger partial charge is 0.477 e. The molecule has 42 heteroatoms. The zero-order chi connectivity index (χ0) is 110. The van der Waals surface area contributed by atoms with Crippen LogP contribution in [-0.4, -0.2) is 274 Å². The molecule has 149 heavy (non-hydrogen) atoms. The summed E-state index contributed by atoms with van der Waals surface area (Å²) in [5, 5.41) is 32.2. The number of aromatic carboxylic acids is 2. The van der Waals surface area contributed by atoms with Gasteiger partial charge < -0.3 is 105 Å². The number of hydrogen-bond donors (Lipinski definition) is 8. The van der Waals surface area contributed by atoms with Gasteiger partial charge in [0.05, 0.1) is 34.5 Å². The summed E-state index contributed by atoms with van der Waals surface area (Å²) in [4.78, 5) is 255. The summed E-state index contributed by atoms with van der Waals surface area (Å²) < 4.78 is 61.3. The number of esters is 2. The van der Waals surface area contributed by atoms with E-state index in [1.165, 1.54) is 44.1 Å². The number of carbonyl (C=O) groups is 17. The molecule has 9 amide bonds. The number of ether oxygens (including phenoxy) is 5. The standard InChI is InChI=1S/C55H76FN7O14.C50H68FN7O12.2CH4/c1-12-61-31-38(51(71)72)49(69)37-27-39(56)43(29-42(37)61)62-22-24-63(25-23-62)53(74)75-32-35-18-16-34(17-19-35)26-44(64)41(30-57-52(73)77-55(7,8)9)59-50(70)36(33(2)3)28-45(65)40(20-21-48(68)76-54(4,5)6)58-46(66)14-13-15-47(67)60(10)11;1-9-56-28-35(48(66)67)46(64)34-24-36(51)40(26-39(34)56)57-19-21-58(22-20-57)49(68)69-29-32-15-13-31(14-16-32)23-41(59)38(27-52)54-47(65)33(30(2)3)25-42(60)37(17-18-45(63)70-50(4,5)6)53-43(61)11-10-12-44(62)55(7)8;;/h16-19,27,29,31,33,36,40-41H,12-15,20-26,28,30,32H2,1-11H3,(H,57,73)(H,58,66)(H,59,70)(H,71,72);13-16,24,26,28,30,33,37-38H,9-12,17-23,25,27,29,52H2,1-8H3,(H,53,61)(H,54,65)(H,66,67);2*1H4/t36-,40-,41-;33-,37-,38-;;/m00../s1. The van der Waals surface area contributed by atoms with E-state index in [4.69, 9.17) is 29.4 Å². The first-order valence-corrected chi connectivity index (χ1v) is 49.4. The van der Waals surface area contributed by atoms with Gasteiger partial charge in [-0.3, -0.25) is 67.1 Å². The fourth-order valence-corrected chi connectivity index (χ4v) is 16.3. The lowest BCUT2D eigenvalue weighted by atomic mass is 9.86. The van der Waals surface area contributed by atoms with E-state index < -0.39 is 175 Å². The van der Waals surface area contributed by atoms with Crippen molar-refractivity contribution in [2.24, 2.45) is 29.4 Å². The number of ketones is 4. The van der Waals surface area contributed by atoms with Gasteiger partial charge in [0, 0.05) is 206 Å². The maximum Gasteiger partial charge on any atom is 0.410 e. The highest BCUT2D eigenvalue weighted by molar-refractivity contribution is 5.99. The molecule has 820 valence electrons. The Labute approximate surface area is 868 Å². The van der Waals surface area contributed by atoms with E-state index in [1.807, 2.05) is 0 Å². The summed E-state index contributed by atoms with van der Waals surface area (Å²) in [5.74, 6) is -12.6. The number of carbonyl (C=O) groups excluding carboxylic acids is 15. The highest BCUT2D eigenvalue weighted by Crippen LogP contribution is 2.31. The van der Waals surface area contributed by atoms with Crippen molar-refractivity contribution in [1.29, 1.82) is 0 Å². The molecule has 0 radical (unpaired) electrons. The first-order valence-electron chi connectivity index (χ1n) is 49.4. The first-order chi connectivity index (χ1) is 68.9. The van der Waals surface area contributed by atoms with Crippen molar-refractivity contribution in [2.75, 3.05) is 103 Å². The molecule has 6 atom stereocenters. The van der Waals surface area contributed by atoms with Gasteiger partial charge in [0.25, 0.3) is 0 Å². The molecule has 0 aliphatic carbocycles. The van der Waals surface area contributed by atoms with Crippen molar-refractivity contribution in [1.82, 2.24) is 55.3 Å². The van der Waals surface area contributed by atoms with E-state index in [-0.39, 0.29) is 229 Å². The Bertz CT molecular complexity index is 5860. The van der Waals surface area contributed by atoms with Crippen molar-refractivity contribution in [2.45, 2.75) is 276 Å². The van der Waals surface area contributed by atoms with Gasteiger partial charge in [0.2, 0.25) is 46.3 Å². The Morgan fingerprint density at radius 2 is 0.779 bits per heavy atom. The first kappa shape index (κ1) is 125. The molecule has 8 rings (SSSR count). The van der Waals surface area contributed by atoms with Gasteiger partial charge in [-0.25, -0.2) is 32.8 Å². The summed E-state index contributed by atoms with van der Waals surface area (Å²) >= 11 is 0. The highest BCUT2D eigenvalue weighted by atomic mass is 19.1. The number of Topliss-reactive ketones (excluding diaryl/α,β-unsaturated/α-hetero) is 4. The molecule has 4 aromatic carbocycles. The number of benzene rings is 4. The summed E-state index contributed by atoms with van der Waals surface area (Å²) in [5.41, 5.74) is 4.67.